The van der Waals surface area contributed by atoms with Crippen molar-refractivity contribution in [3.8, 4) is 11.1 Å². The van der Waals surface area contributed by atoms with Gasteiger partial charge in [-0.2, -0.15) is 0 Å². The molecule has 0 saturated heterocycles. The third-order valence-corrected chi connectivity index (χ3v) is 3.74. The Morgan fingerprint density at radius 2 is 1.90 bits per heavy atom. The number of nitrogen functional groups attached to an aromatic ring is 1. The smallest absolute Gasteiger partial charge is 0.219 e. The molecule has 2 aromatic rings. The van der Waals surface area contributed by atoms with Crippen molar-refractivity contribution in [2.75, 3.05) is 5.73 Å². The number of hydrogen-bond acceptors (Lipinski definition) is 5. The Balaban J connectivity index is 0.00000161. The number of hydrogen-bond donors (Lipinski definition) is 2. The van der Waals surface area contributed by atoms with E-state index >= 15 is 0 Å². The van der Waals surface area contributed by atoms with Gasteiger partial charge in [-0.1, -0.05) is 18.2 Å². The molecule has 5 nitrogen and oxygen atoms in total. The zero-order chi connectivity index (χ0) is 14.1. The highest BCUT2D eigenvalue weighted by molar-refractivity contribution is 5.87. The first-order chi connectivity index (χ1) is 9.65. The van der Waals surface area contributed by atoms with Gasteiger partial charge in [-0.15, -0.1) is 12.4 Å². The second-order valence-corrected chi connectivity index (χ2v) is 5.06. The number of rotatable bonds is 1. The van der Waals surface area contributed by atoms with Crippen LogP contribution < -0.4 is 11.5 Å². The van der Waals surface area contributed by atoms with Crippen LogP contribution in [-0.4, -0.2) is 21.8 Å². The van der Waals surface area contributed by atoms with E-state index in [9.17, 15) is 4.79 Å². The molecule has 4 N–H and O–H groups in total. The minimum atomic E-state index is -0.363. The van der Waals surface area contributed by atoms with Crippen LogP contribution in [0.3, 0.4) is 0 Å². The Bertz CT molecular complexity index is 657. The van der Waals surface area contributed by atoms with Gasteiger partial charge in [0.05, 0.1) is 6.04 Å². The number of nitrogens with zero attached hydrogens (tertiary/aromatic N) is 2. The normalized spacial score (nSPS) is 17.6. The molecule has 1 atom stereocenters. The molecule has 110 valence electrons. The maximum absolute atomic E-state index is 11.9. The maximum atomic E-state index is 11.9. The van der Waals surface area contributed by atoms with E-state index in [2.05, 4.69) is 9.97 Å². The van der Waals surface area contributed by atoms with Crippen LogP contribution in [0, 0.1) is 0 Å². The average molecular weight is 305 g/mol. The van der Waals surface area contributed by atoms with Gasteiger partial charge in [0.15, 0.2) is 5.78 Å². The molecule has 0 saturated carbocycles. The van der Waals surface area contributed by atoms with E-state index in [1.54, 1.807) is 12.4 Å². The summed E-state index contributed by atoms with van der Waals surface area (Å²) in [5, 5.41) is 0. The fourth-order valence-corrected chi connectivity index (χ4v) is 2.62. The summed E-state index contributed by atoms with van der Waals surface area (Å²) in [5.74, 6) is 0.363. The predicted octanol–water partition coefficient (Wildman–Crippen LogP) is 1.53. The number of carbonyl (C=O) groups excluding carboxylic acids is 1. The first-order valence-electron chi connectivity index (χ1n) is 6.62. The number of fused-ring (bicyclic) bond motifs is 1. The third kappa shape index (κ3) is 3.04. The molecule has 6 heteroatoms. The molecular weight excluding hydrogens is 288 g/mol. The molecule has 1 aromatic heterocycles. The maximum Gasteiger partial charge on any atom is 0.219 e. The zero-order valence-electron chi connectivity index (χ0n) is 11.5. The fourth-order valence-electron chi connectivity index (χ4n) is 2.62. The van der Waals surface area contributed by atoms with E-state index < -0.39 is 0 Å². The van der Waals surface area contributed by atoms with E-state index in [1.807, 2.05) is 18.2 Å². The average Bonchev–Trinajstić information content (AvgIpc) is 2.59. The molecule has 0 bridgehead atoms. The van der Waals surface area contributed by atoms with Crippen molar-refractivity contribution in [2.45, 2.75) is 25.3 Å². The molecule has 21 heavy (non-hydrogen) atoms. The lowest BCUT2D eigenvalue weighted by Crippen LogP contribution is -2.30. The highest BCUT2D eigenvalue weighted by Crippen LogP contribution is 2.29. The van der Waals surface area contributed by atoms with Crippen molar-refractivity contribution in [3.63, 3.8) is 0 Å². The molecule has 1 aliphatic rings. The Kier molecular flexibility index (Phi) is 4.55. The van der Waals surface area contributed by atoms with Gasteiger partial charge in [0, 0.05) is 24.4 Å². The van der Waals surface area contributed by atoms with Crippen LogP contribution in [0.15, 0.2) is 30.6 Å². The van der Waals surface area contributed by atoms with E-state index in [0.717, 1.165) is 23.1 Å². The van der Waals surface area contributed by atoms with Gasteiger partial charge in [-0.3, -0.25) is 4.79 Å². The molecule has 1 heterocycles. The van der Waals surface area contributed by atoms with Crippen molar-refractivity contribution in [3.05, 3.63) is 41.7 Å². The molecule has 0 fully saturated rings. The second-order valence-electron chi connectivity index (χ2n) is 5.06. The van der Waals surface area contributed by atoms with Crippen LogP contribution in [0.25, 0.3) is 11.1 Å². The third-order valence-electron chi connectivity index (χ3n) is 3.74. The van der Waals surface area contributed by atoms with Gasteiger partial charge >= 0.3 is 0 Å². The molecule has 0 radical (unpaired) electrons. The van der Waals surface area contributed by atoms with Crippen LogP contribution in [0.4, 0.5) is 5.95 Å². The molecular formula is C15H17ClN4O. The standard InChI is InChI=1S/C15H16N4O.ClH/c16-13-5-4-12-9(6-14(13)20)2-1-3-11(12)10-7-18-15(17)19-8-10;/h1-3,7-8,13H,4-6,16H2,(H2,17,18,19);1H. The second kappa shape index (κ2) is 6.20. The van der Waals surface area contributed by atoms with Gasteiger partial charge < -0.3 is 11.5 Å². The molecule has 0 aliphatic heterocycles. The molecule has 0 amide bonds. The van der Waals surface area contributed by atoms with Gasteiger partial charge in [0.25, 0.3) is 0 Å². The Morgan fingerprint density at radius 3 is 2.62 bits per heavy atom. The lowest BCUT2D eigenvalue weighted by Gasteiger charge is -2.11. The van der Waals surface area contributed by atoms with E-state index in [-0.39, 0.29) is 30.2 Å². The van der Waals surface area contributed by atoms with Crippen LogP contribution in [0.1, 0.15) is 17.5 Å². The summed E-state index contributed by atoms with van der Waals surface area (Å²) in [6.45, 7) is 0. The lowest BCUT2D eigenvalue weighted by molar-refractivity contribution is -0.119. The minimum Gasteiger partial charge on any atom is -0.368 e. The van der Waals surface area contributed by atoms with Crippen molar-refractivity contribution in [1.29, 1.82) is 0 Å². The number of aromatic nitrogens is 2. The summed E-state index contributed by atoms with van der Waals surface area (Å²) in [6, 6.07) is 5.61. The van der Waals surface area contributed by atoms with E-state index in [1.165, 1.54) is 5.56 Å². The largest absolute Gasteiger partial charge is 0.368 e. The summed E-state index contributed by atoms with van der Waals surface area (Å²) >= 11 is 0. The SMILES string of the molecule is Cl.Nc1ncc(-c2cccc3c2CCC(N)C(=O)C3)cn1. The molecule has 1 aromatic carbocycles. The minimum absolute atomic E-state index is 0. The monoisotopic (exact) mass is 304 g/mol. The number of nitrogens with two attached hydrogens (primary N) is 2. The van der Waals surface area contributed by atoms with Crippen molar-refractivity contribution in [1.82, 2.24) is 9.97 Å². The zero-order valence-corrected chi connectivity index (χ0v) is 12.3. The van der Waals surface area contributed by atoms with Crippen molar-refractivity contribution >= 4 is 24.1 Å². The highest BCUT2D eigenvalue weighted by Gasteiger charge is 2.22. The van der Waals surface area contributed by atoms with Crippen LogP contribution in [-0.2, 0) is 17.6 Å². The Morgan fingerprint density at radius 1 is 1.19 bits per heavy atom. The van der Waals surface area contributed by atoms with Gasteiger partial charge in [-0.25, -0.2) is 9.97 Å². The summed E-state index contributed by atoms with van der Waals surface area (Å²) < 4.78 is 0. The quantitative estimate of drug-likeness (QED) is 0.779. The summed E-state index contributed by atoms with van der Waals surface area (Å²) in [7, 11) is 0. The van der Waals surface area contributed by atoms with Crippen LogP contribution >= 0.6 is 12.4 Å². The Hall–Kier alpha value is -1.98. The van der Waals surface area contributed by atoms with Crippen LogP contribution in [0.5, 0.6) is 0 Å². The van der Waals surface area contributed by atoms with Gasteiger partial charge in [0.1, 0.15) is 0 Å². The lowest BCUT2D eigenvalue weighted by atomic mass is 9.94. The molecule has 0 spiro atoms. The molecule has 3 rings (SSSR count). The number of halogens is 1. The van der Waals surface area contributed by atoms with Crippen LogP contribution in [0.2, 0.25) is 0 Å². The topological polar surface area (TPSA) is 94.9 Å². The predicted molar refractivity (Wildman–Crippen MR) is 84.1 cm³/mol. The van der Waals surface area contributed by atoms with Crippen molar-refractivity contribution < 1.29 is 4.79 Å². The first kappa shape index (κ1) is 15.4. The molecule has 1 unspecified atom stereocenters. The number of ketones is 1. The fraction of sp³-hybridized carbons (Fsp3) is 0.267. The van der Waals surface area contributed by atoms with Crippen molar-refractivity contribution in [2.24, 2.45) is 5.73 Å². The number of Topliss-reactive ketones (excluding diaryl/α,β-unsaturated/α-hetero) is 1. The summed E-state index contributed by atoms with van der Waals surface area (Å²) in [6.07, 6.45) is 5.30. The highest BCUT2D eigenvalue weighted by atomic mass is 35.5. The Labute approximate surface area is 129 Å². The number of benzene rings is 1. The van der Waals surface area contributed by atoms with Gasteiger partial charge in [0.2, 0.25) is 5.95 Å². The van der Waals surface area contributed by atoms with E-state index in [0.29, 0.717) is 12.8 Å². The van der Waals surface area contributed by atoms with E-state index in [4.69, 9.17) is 11.5 Å². The summed E-state index contributed by atoms with van der Waals surface area (Å²) in [4.78, 5) is 20.0. The number of carbonyl (C=O) groups is 1. The molecule has 1 aliphatic carbocycles. The summed E-state index contributed by atoms with van der Waals surface area (Å²) in [5.41, 5.74) is 15.6. The van der Waals surface area contributed by atoms with Gasteiger partial charge in [-0.05, 0) is 29.5 Å². The first-order valence-corrected chi connectivity index (χ1v) is 6.62. The number of anilines is 1.